The molecule has 7 nitrogen and oxygen atoms in total. The molecule has 8 heteroatoms. The predicted molar refractivity (Wildman–Crippen MR) is 118 cm³/mol. The number of para-hydroxylation sites is 1. The summed E-state index contributed by atoms with van der Waals surface area (Å²) in [6.45, 7) is 3.27. The highest BCUT2D eigenvalue weighted by atomic mass is 32.2. The van der Waals surface area contributed by atoms with Crippen molar-refractivity contribution >= 4 is 27.1 Å². The van der Waals surface area contributed by atoms with Gasteiger partial charge in [0.15, 0.2) is 16.4 Å². The Morgan fingerprint density at radius 1 is 1.00 bits per heavy atom. The Morgan fingerprint density at radius 3 is 2.35 bits per heavy atom. The summed E-state index contributed by atoms with van der Waals surface area (Å²) >= 11 is 0. The number of nitrogens with zero attached hydrogens (tertiary/aromatic N) is 2. The van der Waals surface area contributed by atoms with Crippen molar-refractivity contribution in [3.05, 3.63) is 53.6 Å². The van der Waals surface area contributed by atoms with E-state index in [1.165, 1.54) is 12.3 Å². The number of carbonyl (C=O) groups is 1. The topological polar surface area (TPSA) is 76.2 Å². The van der Waals surface area contributed by atoms with Crippen LogP contribution in [-0.2, 0) is 14.6 Å². The van der Waals surface area contributed by atoms with Gasteiger partial charge in [0.1, 0.15) is 0 Å². The lowest BCUT2D eigenvalue weighted by atomic mass is 9.99. The summed E-state index contributed by atoms with van der Waals surface area (Å²) in [5.74, 6) is 1.15. The third-order valence-electron chi connectivity index (χ3n) is 5.88. The zero-order valence-electron chi connectivity index (χ0n) is 17.9. The van der Waals surface area contributed by atoms with Crippen LogP contribution in [0.25, 0.3) is 0 Å². The second-order valence-corrected chi connectivity index (χ2v) is 9.74. The van der Waals surface area contributed by atoms with E-state index in [0.29, 0.717) is 41.9 Å². The smallest absolute Gasteiger partial charge is 0.267 e. The first-order chi connectivity index (χ1) is 14.9. The number of rotatable bonds is 4. The van der Waals surface area contributed by atoms with Crippen LogP contribution in [0.3, 0.4) is 0 Å². The number of ether oxygens (including phenoxy) is 2. The molecular weight excluding hydrogens is 416 g/mol. The zero-order valence-corrected chi connectivity index (χ0v) is 18.7. The number of benzene rings is 2. The van der Waals surface area contributed by atoms with Crippen molar-refractivity contribution in [2.45, 2.75) is 24.7 Å². The molecular formula is C23H26N2O5S. The van der Waals surface area contributed by atoms with Crippen LogP contribution in [-0.4, -0.2) is 46.5 Å². The number of anilines is 2. The van der Waals surface area contributed by atoms with Crippen molar-refractivity contribution < 1.29 is 22.7 Å². The largest absolute Gasteiger partial charge is 0.493 e. The summed E-state index contributed by atoms with van der Waals surface area (Å²) in [4.78, 5) is 16.6. The molecule has 1 saturated heterocycles. The Labute approximate surface area is 182 Å². The van der Waals surface area contributed by atoms with Crippen LogP contribution in [0.1, 0.15) is 19.8 Å². The van der Waals surface area contributed by atoms with Crippen LogP contribution in [0.5, 0.6) is 11.5 Å². The maximum Gasteiger partial charge on any atom is 0.267 e. The van der Waals surface area contributed by atoms with Gasteiger partial charge in [-0.15, -0.1) is 0 Å². The van der Waals surface area contributed by atoms with Gasteiger partial charge in [0.2, 0.25) is 9.84 Å². The molecule has 2 heterocycles. The highest BCUT2D eigenvalue weighted by Crippen LogP contribution is 2.42. The maximum atomic E-state index is 13.4. The molecule has 2 aromatic rings. The van der Waals surface area contributed by atoms with Crippen molar-refractivity contribution in [1.29, 1.82) is 0 Å². The van der Waals surface area contributed by atoms with E-state index in [4.69, 9.17) is 9.47 Å². The molecule has 2 aliphatic heterocycles. The summed E-state index contributed by atoms with van der Waals surface area (Å²) in [5.41, 5.74) is 1.15. The third kappa shape index (κ3) is 3.76. The number of sulfone groups is 1. The molecule has 31 heavy (non-hydrogen) atoms. The fourth-order valence-electron chi connectivity index (χ4n) is 3.98. The van der Waals surface area contributed by atoms with Gasteiger partial charge >= 0.3 is 0 Å². The van der Waals surface area contributed by atoms with Gasteiger partial charge in [-0.3, -0.25) is 4.79 Å². The molecule has 0 bridgehead atoms. The number of methoxy groups -OCH3 is 2. The van der Waals surface area contributed by atoms with Gasteiger partial charge in [-0.05, 0) is 43.0 Å². The second kappa shape index (κ2) is 8.26. The Kier molecular flexibility index (Phi) is 5.66. The normalized spacial score (nSPS) is 18.2. The molecule has 1 amide bonds. The van der Waals surface area contributed by atoms with Gasteiger partial charge in [-0.1, -0.05) is 19.1 Å². The molecule has 2 aliphatic rings. The van der Waals surface area contributed by atoms with E-state index < -0.39 is 15.7 Å². The average Bonchev–Trinajstić information content (AvgIpc) is 2.79. The minimum atomic E-state index is -3.94. The van der Waals surface area contributed by atoms with E-state index >= 15 is 0 Å². The first-order valence-electron chi connectivity index (χ1n) is 10.2. The molecule has 0 N–H and O–H groups in total. The Morgan fingerprint density at radius 2 is 1.68 bits per heavy atom. The molecule has 0 radical (unpaired) electrons. The van der Waals surface area contributed by atoms with E-state index in [-0.39, 0.29) is 9.80 Å². The summed E-state index contributed by atoms with van der Waals surface area (Å²) in [5, 5.41) is 0. The SMILES string of the molecule is COc1ccc(N2C=C(C(=O)N3CCC(C)CC3)S(=O)(=O)c3ccccc32)cc1OC. The van der Waals surface area contributed by atoms with Gasteiger partial charge in [-0.25, -0.2) is 8.42 Å². The fraction of sp³-hybridized carbons (Fsp3) is 0.348. The van der Waals surface area contributed by atoms with E-state index in [1.807, 2.05) is 0 Å². The molecule has 0 unspecified atom stereocenters. The lowest BCUT2D eigenvalue weighted by Crippen LogP contribution is -2.41. The Hall–Kier alpha value is -3.00. The molecule has 0 saturated carbocycles. The first kappa shape index (κ1) is 21.2. The summed E-state index contributed by atoms with van der Waals surface area (Å²) in [6, 6.07) is 12.0. The number of likely N-dealkylation sites (tertiary alicyclic amines) is 1. The third-order valence-corrected chi connectivity index (χ3v) is 7.66. The van der Waals surface area contributed by atoms with Gasteiger partial charge in [0, 0.05) is 31.0 Å². The maximum absolute atomic E-state index is 13.4. The van der Waals surface area contributed by atoms with Gasteiger partial charge < -0.3 is 19.3 Å². The van der Waals surface area contributed by atoms with Gasteiger partial charge in [-0.2, -0.15) is 0 Å². The Bertz CT molecular complexity index is 1130. The van der Waals surface area contributed by atoms with E-state index in [9.17, 15) is 13.2 Å². The Balaban J connectivity index is 1.82. The molecule has 0 spiro atoms. The number of piperidine rings is 1. The van der Waals surface area contributed by atoms with Crippen molar-refractivity contribution in [2.24, 2.45) is 5.92 Å². The molecule has 1 fully saturated rings. The van der Waals surface area contributed by atoms with Crippen LogP contribution in [0.15, 0.2) is 58.5 Å². The number of fused-ring (bicyclic) bond motifs is 1. The second-order valence-electron chi connectivity index (χ2n) is 7.85. The predicted octanol–water partition coefficient (Wildman–Crippen LogP) is 3.73. The van der Waals surface area contributed by atoms with Crippen molar-refractivity contribution in [3.8, 4) is 11.5 Å². The van der Waals surface area contributed by atoms with Crippen LogP contribution >= 0.6 is 0 Å². The zero-order chi connectivity index (χ0) is 22.2. The first-order valence-corrected chi connectivity index (χ1v) is 11.7. The lowest BCUT2D eigenvalue weighted by Gasteiger charge is -2.33. The van der Waals surface area contributed by atoms with E-state index in [0.717, 1.165) is 12.8 Å². The number of amides is 1. The van der Waals surface area contributed by atoms with Crippen LogP contribution in [0.4, 0.5) is 11.4 Å². The molecule has 0 aromatic heterocycles. The summed E-state index contributed by atoms with van der Waals surface area (Å²) < 4.78 is 37.5. The van der Waals surface area contributed by atoms with Crippen LogP contribution in [0.2, 0.25) is 0 Å². The summed E-state index contributed by atoms with van der Waals surface area (Å²) in [7, 11) is -0.850. The minimum Gasteiger partial charge on any atom is -0.493 e. The van der Waals surface area contributed by atoms with Gasteiger partial charge in [0.25, 0.3) is 5.91 Å². The molecule has 4 rings (SSSR count). The molecule has 0 atom stereocenters. The lowest BCUT2D eigenvalue weighted by molar-refractivity contribution is -0.127. The molecule has 2 aromatic carbocycles. The van der Waals surface area contributed by atoms with Gasteiger partial charge in [0.05, 0.1) is 24.8 Å². The highest BCUT2D eigenvalue weighted by molar-refractivity contribution is 7.96. The van der Waals surface area contributed by atoms with E-state index in [1.54, 1.807) is 60.4 Å². The van der Waals surface area contributed by atoms with Crippen molar-refractivity contribution in [2.75, 3.05) is 32.2 Å². The summed E-state index contributed by atoms with van der Waals surface area (Å²) in [6.07, 6.45) is 3.17. The fourth-order valence-corrected chi connectivity index (χ4v) is 5.52. The number of hydrogen-bond donors (Lipinski definition) is 0. The monoisotopic (exact) mass is 442 g/mol. The van der Waals surface area contributed by atoms with Crippen LogP contribution < -0.4 is 14.4 Å². The number of hydrogen-bond acceptors (Lipinski definition) is 6. The molecule has 0 aliphatic carbocycles. The highest BCUT2D eigenvalue weighted by Gasteiger charge is 2.38. The quantitative estimate of drug-likeness (QED) is 0.718. The molecule has 164 valence electrons. The van der Waals surface area contributed by atoms with E-state index in [2.05, 4.69) is 6.92 Å². The van der Waals surface area contributed by atoms with Crippen LogP contribution in [0, 0.1) is 5.92 Å². The van der Waals surface area contributed by atoms with Crippen molar-refractivity contribution in [3.63, 3.8) is 0 Å². The average molecular weight is 443 g/mol. The van der Waals surface area contributed by atoms with Crippen molar-refractivity contribution in [1.82, 2.24) is 4.90 Å². The minimum absolute atomic E-state index is 0.112. The standard InChI is InChI=1S/C23H26N2O5S/c1-16-10-12-24(13-11-16)23(26)22-15-25(17-8-9-19(29-2)20(14-17)30-3)18-6-4-5-7-21(18)31(22,27)28/h4-9,14-16H,10-13H2,1-3H3. The number of carbonyl (C=O) groups excluding carboxylic acids is 1.